The number of nitrogens with one attached hydrogen (secondary N) is 1. The highest BCUT2D eigenvalue weighted by molar-refractivity contribution is 9.12. The normalized spacial score (nSPS) is 32.2. The van der Waals surface area contributed by atoms with Crippen LogP contribution in [0, 0.1) is 37.5 Å². The summed E-state index contributed by atoms with van der Waals surface area (Å²) in [7, 11) is 0. The van der Waals surface area contributed by atoms with Gasteiger partial charge in [0.1, 0.15) is 6.04 Å². The number of hydrogen-bond donors (Lipinski definition) is 1. The molecule has 2 bridgehead atoms. The van der Waals surface area contributed by atoms with Crippen molar-refractivity contribution in [3.63, 3.8) is 0 Å². The minimum atomic E-state index is -1.07. The van der Waals surface area contributed by atoms with Crippen LogP contribution in [0.2, 0.25) is 0 Å². The van der Waals surface area contributed by atoms with Crippen molar-refractivity contribution in [2.24, 2.45) is 23.7 Å². The van der Waals surface area contributed by atoms with E-state index in [1.165, 1.54) is 6.92 Å². The first-order chi connectivity index (χ1) is 14.6. The van der Waals surface area contributed by atoms with Gasteiger partial charge in [-0.3, -0.25) is 19.3 Å². The molecule has 3 amide bonds. The zero-order chi connectivity index (χ0) is 22.6. The Hall–Kier alpha value is -1.74. The summed E-state index contributed by atoms with van der Waals surface area (Å²) in [4.78, 5) is 52.1. The molecule has 1 aliphatic heterocycles. The van der Waals surface area contributed by atoms with Crippen LogP contribution in [0.25, 0.3) is 0 Å². The van der Waals surface area contributed by atoms with Crippen molar-refractivity contribution in [3.8, 4) is 0 Å². The van der Waals surface area contributed by atoms with E-state index in [0.717, 1.165) is 22.4 Å². The quantitative estimate of drug-likeness (QED) is 0.342. The number of hydrogen-bond acceptors (Lipinski definition) is 5. The van der Waals surface area contributed by atoms with Gasteiger partial charge in [0.2, 0.25) is 11.8 Å². The van der Waals surface area contributed by atoms with E-state index in [-0.39, 0.29) is 33.3 Å². The first-order valence-electron chi connectivity index (χ1n) is 10.3. The predicted octanol–water partition coefficient (Wildman–Crippen LogP) is 2.95. The van der Waals surface area contributed by atoms with Crippen LogP contribution in [0.5, 0.6) is 0 Å². The molecule has 1 heterocycles. The Labute approximate surface area is 197 Å². The van der Waals surface area contributed by atoms with Crippen molar-refractivity contribution in [1.29, 1.82) is 0 Å². The molecule has 1 saturated heterocycles. The number of rotatable bonds is 5. The fraction of sp³-hybridized carbons (Fsp3) is 0.545. The van der Waals surface area contributed by atoms with Crippen LogP contribution in [0.4, 0.5) is 5.69 Å². The molecule has 31 heavy (non-hydrogen) atoms. The summed E-state index contributed by atoms with van der Waals surface area (Å²) in [5.74, 6) is -2.50. The number of fused-ring (bicyclic) bond motifs is 5. The molecule has 0 radical (unpaired) electrons. The number of ether oxygens (including phenoxy) is 1. The lowest BCUT2D eigenvalue weighted by Crippen LogP contribution is -2.45. The van der Waals surface area contributed by atoms with Gasteiger partial charge in [0.15, 0.2) is 6.61 Å². The van der Waals surface area contributed by atoms with E-state index in [4.69, 9.17) is 4.74 Å². The number of likely N-dealkylation sites (tertiary alicyclic amines) is 1. The van der Waals surface area contributed by atoms with E-state index >= 15 is 0 Å². The third kappa shape index (κ3) is 3.73. The summed E-state index contributed by atoms with van der Waals surface area (Å²) < 4.78 is 5.13. The van der Waals surface area contributed by atoms with Gasteiger partial charge in [-0.15, -0.1) is 0 Å². The second-order valence-electron chi connectivity index (χ2n) is 8.70. The summed E-state index contributed by atoms with van der Waals surface area (Å²) in [6.45, 7) is 4.82. The van der Waals surface area contributed by atoms with E-state index in [1.807, 2.05) is 26.0 Å². The number of amides is 3. The number of nitrogens with zero attached hydrogens (tertiary/aromatic N) is 1. The maximum atomic E-state index is 13.0. The summed E-state index contributed by atoms with van der Waals surface area (Å²) in [6.07, 6.45) is 0.823. The third-order valence-corrected chi connectivity index (χ3v) is 9.96. The molecule has 0 unspecified atom stereocenters. The van der Waals surface area contributed by atoms with Crippen LogP contribution < -0.4 is 5.32 Å². The Kier molecular flexibility index (Phi) is 6.02. The van der Waals surface area contributed by atoms with Crippen LogP contribution in [0.1, 0.15) is 24.5 Å². The van der Waals surface area contributed by atoms with Crippen LogP contribution in [0.3, 0.4) is 0 Å². The maximum absolute atomic E-state index is 13.0. The first-order valence-corrected chi connectivity index (χ1v) is 12.1. The van der Waals surface area contributed by atoms with Gasteiger partial charge in [0.05, 0.1) is 11.8 Å². The van der Waals surface area contributed by atoms with Crippen molar-refractivity contribution in [3.05, 3.63) is 29.3 Å². The number of carbonyl (C=O) groups is 4. The molecule has 1 aromatic rings. The van der Waals surface area contributed by atoms with Gasteiger partial charge in [0.25, 0.3) is 5.91 Å². The Balaban J connectivity index is 1.37. The number of esters is 1. The number of imide groups is 1. The van der Waals surface area contributed by atoms with E-state index in [2.05, 4.69) is 37.2 Å². The molecule has 2 aliphatic carbocycles. The van der Waals surface area contributed by atoms with Gasteiger partial charge >= 0.3 is 5.97 Å². The molecule has 7 nitrogen and oxygen atoms in total. The van der Waals surface area contributed by atoms with Crippen LogP contribution in [-0.2, 0) is 23.9 Å². The largest absolute Gasteiger partial charge is 0.454 e. The average molecular weight is 556 g/mol. The molecule has 7 atom stereocenters. The Morgan fingerprint density at radius 3 is 2.26 bits per heavy atom. The zero-order valence-electron chi connectivity index (χ0n) is 17.4. The van der Waals surface area contributed by atoms with Crippen molar-refractivity contribution in [2.45, 2.75) is 42.9 Å². The first kappa shape index (κ1) is 22.5. The summed E-state index contributed by atoms with van der Waals surface area (Å²) in [5, 5.41) is 2.71. The fourth-order valence-corrected chi connectivity index (χ4v) is 7.13. The van der Waals surface area contributed by atoms with Crippen molar-refractivity contribution in [2.75, 3.05) is 11.9 Å². The van der Waals surface area contributed by atoms with Gasteiger partial charge in [-0.25, -0.2) is 4.79 Å². The molecule has 9 heteroatoms. The maximum Gasteiger partial charge on any atom is 0.329 e. The average Bonchev–Trinajstić information content (AvgIpc) is 3.32. The smallest absolute Gasteiger partial charge is 0.329 e. The molecule has 3 aliphatic rings. The minimum absolute atomic E-state index is 0.0765. The van der Waals surface area contributed by atoms with E-state index in [0.29, 0.717) is 5.69 Å². The van der Waals surface area contributed by atoms with E-state index in [9.17, 15) is 19.2 Å². The monoisotopic (exact) mass is 554 g/mol. The Morgan fingerprint density at radius 1 is 1.13 bits per heavy atom. The van der Waals surface area contributed by atoms with Crippen LogP contribution in [-0.4, -0.2) is 50.9 Å². The second kappa shape index (κ2) is 8.31. The molecule has 0 aromatic heterocycles. The van der Waals surface area contributed by atoms with E-state index in [1.54, 1.807) is 6.07 Å². The summed E-state index contributed by atoms with van der Waals surface area (Å²) >= 11 is 7.28. The molecule has 1 aromatic carbocycles. The van der Waals surface area contributed by atoms with Gasteiger partial charge in [-0.1, -0.05) is 49.6 Å². The lowest BCUT2D eigenvalue weighted by atomic mass is 9.81. The van der Waals surface area contributed by atoms with Gasteiger partial charge in [-0.2, -0.15) is 0 Å². The lowest BCUT2D eigenvalue weighted by Gasteiger charge is -2.28. The lowest BCUT2D eigenvalue weighted by molar-refractivity contribution is -0.159. The topological polar surface area (TPSA) is 92.8 Å². The zero-order valence-corrected chi connectivity index (χ0v) is 20.6. The summed E-state index contributed by atoms with van der Waals surface area (Å²) in [6, 6.07) is 4.53. The number of halogens is 2. The fourth-order valence-electron chi connectivity index (χ4n) is 5.26. The molecule has 1 N–H and O–H groups in total. The second-order valence-corrected chi connectivity index (χ2v) is 10.8. The molecule has 4 rings (SSSR count). The van der Waals surface area contributed by atoms with Gasteiger partial charge in [0, 0.05) is 15.3 Å². The molecule has 166 valence electrons. The highest BCUT2D eigenvalue weighted by Crippen LogP contribution is 2.60. The van der Waals surface area contributed by atoms with Crippen molar-refractivity contribution >= 4 is 61.2 Å². The predicted molar refractivity (Wildman–Crippen MR) is 121 cm³/mol. The number of carbonyl (C=O) groups excluding carboxylic acids is 4. The highest BCUT2D eigenvalue weighted by atomic mass is 79.9. The van der Waals surface area contributed by atoms with Gasteiger partial charge < -0.3 is 10.1 Å². The molecule has 0 spiro atoms. The van der Waals surface area contributed by atoms with Crippen molar-refractivity contribution in [1.82, 2.24) is 4.90 Å². The molecule has 2 saturated carbocycles. The third-order valence-electron chi connectivity index (χ3n) is 6.75. The number of benzene rings is 1. The summed E-state index contributed by atoms with van der Waals surface area (Å²) in [5.41, 5.74) is 2.62. The van der Waals surface area contributed by atoms with E-state index < -0.39 is 36.4 Å². The Bertz CT molecular complexity index is 935. The Morgan fingerprint density at radius 2 is 1.71 bits per heavy atom. The van der Waals surface area contributed by atoms with Crippen LogP contribution >= 0.6 is 31.9 Å². The van der Waals surface area contributed by atoms with Crippen LogP contribution in [0.15, 0.2) is 18.2 Å². The minimum Gasteiger partial charge on any atom is -0.454 e. The standard InChI is InChI=1S/C22H24Br2N2O5/c1-9-4-5-14(10(2)6-9)25-15(27)8-31-22(30)11(3)26-20(28)16-12-7-13(17(16)21(26)29)19(24)18(12)23/h4-6,11-13,16-19H,7-8H2,1-3H3,(H,25,27)/t11-,12+,13+,16-,17+,18-,19+/m0/s1. The SMILES string of the molecule is Cc1ccc(NC(=O)COC(=O)[C@H](C)N2C(=O)[C@@H]3[C@H]4C[C@@H]([C@H](Br)[C@@H]4Br)[C@@H]3C2=O)c(C)c1. The number of aryl methyl sites for hydroxylation is 2. The number of anilines is 1. The molecule has 3 fully saturated rings. The van der Waals surface area contributed by atoms with Gasteiger partial charge in [-0.05, 0) is 50.7 Å². The molecular weight excluding hydrogens is 532 g/mol. The molecular formula is C22H24Br2N2O5. The van der Waals surface area contributed by atoms with Crippen molar-refractivity contribution < 1.29 is 23.9 Å². The number of alkyl halides is 2. The highest BCUT2D eigenvalue weighted by Gasteiger charge is 2.67.